The number of halogens is 1. The number of rotatable bonds is 2. The second kappa shape index (κ2) is 5.23. The maximum atomic E-state index is 3.67. The van der Waals surface area contributed by atoms with Crippen molar-refractivity contribution in [3.05, 3.63) is 64.3 Å². The van der Waals surface area contributed by atoms with E-state index in [1.807, 2.05) is 0 Å². The van der Waals surface area contributed by atoms with Crippen molar-refractivity contribution in [3.8, 4) is 0 Å². The summed E-state index contributed by atoms with van der Waals surface area (Å²) in [6, 6.07) is 17.4. The van der Waals surface area contributed by atoms with E-state index in [0.29, 0.717) is 6.04 Å². The van der Waals surface area contributed by atoms with Gasteiger partial charge in [0, 0.05) is 26.8 Å². The number of hydrogen-bond acceptors (Lipinski definition) is 1. The predicted molar refractivity (Wildman–Crippen MR) is 91.7 cm³/mol. The Labute approximate surface area is 132 Å². The number of anilines is 1. The number of H-pyrrole nitrogens is 1. The average Bonchev–Trinajstić information content (AvgIpc) is 2.89. The molecule has 0 aliphatic heterocycles. The fourth-order valence-electron chi connectivity index (χ4n) is 3.31. The van der Waals surface area contributed by atoms with Crippen LogP contribution < -0.4 is 5.32 Å². The summed E-state index contributed by atoms with van der Waals surface area (Å²) in [5.41, 5.74) is 5.29. The largest absolute Gasteiger partial charge is 0.377 e. The van der Waals surface area contributed by atoms with E-state index >= 15 is 0 Å². The van der Waals surface area contributed by atoms with Crippen LogP contribution in [0.25, 0.3) is 10.9 Å². The van der Waals surface area contributed by atoms with Crippen molar-refractivity contribution in [1.82, 2.24) is 4.98 Å². The van der Waals surface area contributed by atoms with Crippen molar-refractivity contribution in [2.45, 2.75) is 25.3 Å². The van der Waals surface area contributed by atoms with Gasteiger partial charge in [-0.05, 0) is 55.2 Å². The van der Waals surface area contributed by atoms with Crippen LogP contribution in [0.5, 0.6) is 0 Å². The zero-order valence-electron chi connectivity index (χ0n) is 11.7. The van der Waals surface area contributed by atoms with E-state index in [9.17, 15) is 0 Å². The monoisotopic (exact) mass is 340 g/mol. The molecule has 0 fully saturated rings. The van der Waals surface area contributed by atoms with E-state index in [2.05, 4.69) is 74.8 Å². The van der Waals surface area contributed by atoms with Gasteiger partial charge in [0.2, 0.25) is 0 Å². The first-order valence-electron chi connectivity index (χ1n) is 7.43. The smallest absolute Gasteiger partial charge is 0.0666 e. The quantitative estimate of drug-likeness (QED) is 0.640. The summed E-state index contributed by atoms with van der Waals surface area (Å²) in [6.45, 7) is 0. The Morgan fingerprint density at radius 1 is 1.05 bits per heavy atom. The van der Waals surface area contributed by atoms with Crippen LogP contribution in [0.2, 0.25) is 0 Å². The molecule has 1 aliphatic carbocycles. The highest BCUT2D eigenvalue weighted by Crippen LogP contribution is 2.36. The van der Waals surface area contributed by atoms with Crippen molar-refractivity contribution in [3.63, 3.8) is 0 Å². The second-order valence-electron chi connectivity index (χ2n) is 5.66. The van der Waals surface area contributed by atoms with Crippen LogP contribution in [0.4, 0.5) is 5.69 Å². The molecule has 2 aromatic carbocycles. The Bertz CT molecular complexity index is 774. The van der Waals surface area contributed by atoms with Crippen LogP contribution in [0.1, 0.15) is 30.1 Å². The SMILES string of the molecule is Brc1ccc(NC2CCCc3c2[nH]c2ccccc32)cc1. The van der Waals surface area contributed by atoms with Crippen molar-refractivity contribution < 1.29 is 0 Å². The second-order valence-corrected chi connectivity index (χ2v) is 6.57. The summed E-state index contributed by atoms with van der Waals surface area (Å²) >= 11 is 3.49. The minimum Gasteiger partial charge on any atom is -0.377 e. The molecule has 0 saturated heterocycles. The van der Waals surface area contributed by atoms with Gasteiger partial charge in [-0.2, -0.15) is 0 Å². The number of aromatic amines is 1. The molecule has 4 rings (SSSR count). The molecule has 21 heavy (non-hydrogen) atoms. The molecule has 1 heterocycles. The highest BCUT2D eigenvalue weighted by Gasteiger charge is 2.23. The van der Waals surface area contributed by atoms with Gasteiger partial charge in [-0.1, -0.05) is 34.1 Å². The van der Waals surface area contributed by atoms with Crippen molar-refractivity contribution in [1.29, 1.82) is 0 Å². The third kappa shape index (κ3) is 2.36. The zero-order valence-corrected chi connectivity index (χ0v) is 13.3. The summed E-state index contributed by atoms with van der Waals surface area (Å²) in [6.07, 6.45) is 3.59. The number of aromatic nitrogens is 1. The molecule has 1 aromatic heterocycles. The first-order chi connectivity index (χ1) is 10.3. The molecule has 0 saturated carbocycles. The zero-order chi connectivity index (χ0) is 14.2. The molecule has 3 aromatic rings. The summed E-state index contributed by atoms with van der Waals surface area (Å²) in [7, 11) is 0. The number of para-hydroxylation sites is 1. The van der Waals surface area contributed by atoms with Gasteiger partial charge in [0.25, 0.3) is 0 Å². The summed E-state index contributed by atoms with van der Waals surface area (Å²) in [5, 5.41) is 5.06. The Morgan fingerprint density at radius 3 is 2.71 bits per heavy atom. The number of hydrogen-bond donors (Lipinski definition) is 2. The van der Waals surface area contributed by atoms with Crippen LogP contribution in [0.15, 0.2) is 53.0 Å². The number of fused-ring (bicyclic) bond motifs is 3. The average molecular weight is 341 g/mol. The predicted octanol–water partition coefficient (Wildman–Crippen LogP) is 5.42. The highest BCUT2D eigenvalue weighted by atomic mass is 79.9. The Morgan fingerprint density at radius 2 is 1.86 bits per heavy atom. The first kappa shape index (κ1) is 13.0. The molecule has 1 unspecified atom stereocenters. The van der Waals surface area contributed by atoms with Gasteiger partial charge >= 0.3 is 0 Å². The van der Waals surface area contributed by atoms with Crippen LogP contribution >= 0.6 is 15.9 Å². The lowest BCUT2D eigenvalue weighted by Gasteiger charge is -2.24. The normalized spacial score (nSPS) is 17.7. The maximum absolute atomic E-state index is 3.67. The summed E-state index contributed by atoms with van der Waals surface area (Å²) < 4.78 is 1.11. The van der Waals surface area contributed by atoms with Gasteiger partial charge < -0.3 is 10.3 Å². The van der Waals surface area contributed by atoms with Gasteiger partial charge in [-0.25, -0.2) is 0 Å². The van der Waals surface area contributed by atoms with Gasteiger partial charge in [0.1, 0.15) is 0 Å². The molecular formula is C18H17BrN2. The Hall–Kier alpha value is -1.74. The topological polar surface area (TPSA) is 27.8 Å². The van der Waals surface area contributed by atoms with Gasteiger partial charge in [-0.15, -0.1) is 0 Å². The van der Waals surface area contributed by atoms with E-state index in [0.717, 1.165) is 4.47 Å². The molecular weight excluding hydrogens is 324 g/mol. The van der Waals surface area contributed by atoms with Gasteiger partial charge in [-0.3, -0.25) is 0 Å². The molecule has 2 nitrogen and oxygen atoms in total. The molecule has 1 aliphatic rings. The van der Waals surface area contributed by atoms with E-state index in [1.165, 1.54) is 47.1 Å². The van der Waals surface area contributed by atoms with Crippen LogP contribution in [0, 0.1) is 0 Å². The van der Waals surface area contributed by atoms with E-state index < -0.39 is 0 Å². The number of benzene rings is 2. The number of nitrogens with one attached hydrogen (secondary N) is 2. The van der Waals surface area contributed by atoms with Crippen molar-refractivity contribution in [2.75, 3.05) is 5.32 Å². The van der Waals surface area contributed by atoms with E-state index in [-0.39, 0.29) is 0 Å². The van der Waals surface area contributed by atoms with Crippen LogP contribution in [-0.2, 0) is 6.42 Å². The Kier molecular flexibility index (Phi) is 3.23. The van der Waals surface area contributed by atoms with Gasteiger partial charge in [0.15, 0.2) is 0 Å². The summed E-state index contributed by atoms with van der Waals surface area (Å²) in [5.74, 6) is 0. The van der Waals surface area contributed by atoms with E-state index in [4.69, 9.17) is 0 Å². The third-order valence-electron chi connectivity index (χ3n) is 4.30. The molecule has 0 spiro atoms. The maximum Gasteiger partial charge on any atom is 0.0666 e. The Balaban J connectivity index is 1.71. The molecule has 2 N–H and O–H groups in total. The van der Waals surface area contributed by atoms with Crippen molar-refractivity contribution >= 4 is 32.5 Å². The summed E-state index contributed by atoms with van der Waals surface area (Å²) in [4.78, 5) is 3.63. The number of aryl methyl sites for hydroxylation is 1. The fourth-order valence-corrected chi connectivity index (χ4v) is 3.57. The molecule has 3 heteroatoms. The van der Waals surface area contributed by atoms with Crippen LogP contribution in [0.3, 0.4) is 0 Å². The molecule has 1 atom stereocenters. The first-order valence-corrected chi connectivity index (χ1v) is 8.22. The standard InChI is InChI=1S/C18H17BrN2/c19-12-8-10-13(11-9-12)20-17-7-3-5-15-14-4-1-2-6-16(14)21-18(15)17/h1-2,4,6,8-11,17,20-21H,3,5,7H2. The van der Waals surface area contributed by atoms with Crippen molar-refractivity contribution in [2.24, 2.45) is 0 Å². The van der Waals surface area contributed by atoms with Crippen LogP contribution in [-0.4, -0.2) is 4.98 Å². The minimum atomic E-state index is 0.377. The van der Waals surface area contributed by atoms with Gasteiger partial charge in [0.05, 0.1) is 6.04 Å². The molecule has 106 valence electrons. The minimum absolute atomic E-state index is 0.377. The van der Waals surface area contributed by atoms with E-state index in [1.54, 1.807) is 0 Å². The lowest BCUT2D eigenvalue weighted by Crippen LogP contribution is -2.17. The molecule has 0 amide bonds. The third-order valence-corrected chi connectivity index (χ3v) is 4.83. The fraction of sp³-hybridized carbons (Fsp3) is 0.222. The molecule has 0 bridgehead atoms. The highest BCUT2D eigenvalue weighted by molar-refractivity contribution is 9.10. The lowest BCUT2D eigenvalue weighted by molar-refractivity contribution is 0.593. The lowest BCUT2D eigenvalue weighted by atomic mass is 9.91. The molecule has 0 radical (unpaired) electrons.